The van der Waals surface area contributed by atoms with Crippen LogP contribution in [0.5, 0.6) is 0 Å². The molecule has 0 amide bonds. The van der Waals surface area contributed by atoms with Gasteiger partial charge in [-0.15, -0.1) is 0 Å². The fraction of sp³-hybridized carbons (Fsp3) is 0.955. The summed E-state index contributed by atoms with van der Waals surface area (Å²) in [6.45, 7) is 9.34. The Morgan fingerprint density at radius 2 is 1.81 bits per heavy atom. The third-order valence-corrected chi connectivity index (χ3v) is 9.03. The second-order valence-electron chi connectivity index (χ2n) is 9.94. The zero-order chi connectivity index (χ0) is 19.3. The molecular weight excluding hydrogens is 328 g/mol. The van der Waals surface area contributed by atoms with Crippen LogP contribution < -0.4 is 0 Å². The molecule has 150 valence electrons. The first kappa shape index (κ1) is 20.3. The maximum atomic E-state index is 13.7. The Balaban J connectivity index is 2.12. The number of rotatable bonds is 4. The van der Waals surface area contributed by atoms with Gasteiger partial charge in [0.2, 0.25) is 0 Å². The molecule has 0 aliphatic heterocycles. The highest BCUT2D eigenvalue weighted by Crippen LogP contribution is 2.68. The van der Waals surface area contributed by atoms with E-state index in [9.17, 15) is 9.90 Å². The quantitative estimate of drug-likeness (QED) is 0.821. The highest BCUT2D eigenvalue weighted by molar-refractivity contribution is 5.87. The minimum Gasteiger partial charge on any atom is -0.393 e. The predicted octanol–water partition coefficient (Wildman–Crippen LogP) is 3.85. The number of hydrogen-bond donors (Lipinski definition) is 1. The van der Waals surface area contributed by atoms with Crippen molar-refractivity contribution in [3.63, 3.8) is 0 Å². The lowest BCUT2D eigenvalue weighted by molar-refractivity contribution is -0.192. The molecule has 0 aromatic heterocycles. The highest BCUT2D eigenvalue weighted by atomic mass is 16.5. The van der Waals surface area contributed by atoms with Crippen molar-refractivity contribution in [2.45, 2.75) is 78.4 Å². The summed E-state index contributed by atoms with van der Waals surface area (Å²) in [5.41, 5.74) is -0.760. The zero-order valence-electron chi connectivity index (χ0n) is 17.5. The Kier molecular flexibility index (Phi) is 5.35. The van der Waals surface area contributed by atoms with Gasteiger partial charge in [0.25, 0.3) is 0 Å². The van der Waals surface area contributed by atoms with Gasteiger partial charge in [-0.25, -0.2) is 0 Å². The maximum absolute atomic E-state index is 13.7. The van der Waals surface area contributed by atoms with E-state index >= 15 is 0 Å². The van der Waals surface area contributed by atoms with Crippen molar-refractivity contribution in [1.82, 2.24) is 0 Å². The van der Waals surface area contributed by atoms with Gasteiger partial charge >= 0.3 is 0 Å². The van der Waals surface area contributed by atoms with Gasteiger partial charge in [0.05, 0.1) is 12.2 Å². The molecule has 1 N–H and O–H groups in total. The number of hydrogen-bond acceptors (Lipinski definition) is 4. The summed E-state index contributed by atoms with van der Waals surface area (Å²) in [5.74, 6) is 1.02. The first-order valence-corrected chi connectivity index (χ1v) is 10.4. The summed E-state index contributed by atoms with van der Waals surface area (Å²) >= 11 is 0. The van der Waals surface area contributed by atoms with Gasteiger partial charge in [0.1, 0.15) is 5.78 Å². The van der Waals surface area contributed by atoms with Gasteiger partial charge in [0, 0.05) is 37.6 Å². The van der Waals surface area contributed by atoms with Gasteiger partial charge in [-0.3, -0.25) is 4.79 Å². The third-order valence-electron chi connectivity index (χ3n) is 9.03. The largest absolute Gasteiger partial charge is 0.393 e. The molecule has 3 aliphatic carbocycles. The van der Waals surface area contributed by atoms with Crippen LogP contribution in [0.2, 0.25) is 0 Å². The molecule has 0 aromatic carbocycles. The molecule has 0 unspecified atom stereocenters. The van der Waals surface area contributed by atoms with E-state index in [0.29, 0.717) is 31.1 Å². The Bertz CT molecular complexity index is 548. The number of aliphatic hydroxyl groups is 1. The molecule has 3 rings (SSSR count). The number of aliphatic hydroxyl groups excluding tert-OH is 1. The lowest BCUT2D eigenvalue weighted by Gasteiger charge is -2.61. The molecule has 0 heterocycles. The second kappa shape index (κ2) is 6.86. The molecule has 26 heavy (non-hydrogen) atoms. The van der Waals surface area contributed by atoms with Crippen LogP contribution in [0.25, 0.3) is 0 Å². The van der Waals surface area contributed by atoms with Gasteiger partial charge in [0.15, 0.2) is 0 Å². The SMILES string of the molecule is COCC[C@]1(C)C[C@@H](O)[C@]2(C)[C@H](C)CC[C@]3(CC[C@@H](OC)[C@@H]32)[C@@H](C)C1=O. The van der Waals surface area contributed by atoms with E-state index in [1.807, 2.05) is 0 Å². The molecule has 4 heteroatoms. The Morgan fingerprint density at radius 1 is 1.15 bits per heavy atom. The lowest BCUT2D eigenvalue weighted by Crippen LogP contribution is -2.62. The molecule has 3 aliphatic rings. The van der Waals surface area contributed by atoms with Crippen LogP contribution in [0.1, 0.15) is 66.2 Å². The summed E-state index contributed by atoms with van der Waals surface area (Å²) in [6.07, 6.45) is 5.08. The van der Waals surface area contributed by atoms with Crippen LogP contribution in [0, 0.1) is 34.0 Å². The van der Waals surface area contributed by atoms with Crippen molar-refractivity contribution in [2.75, 3.05) is 20.8 Å². The van der Waals surface area contributed by atoms with Crippen LogP contribution >= 0.6 is 0 Å². The molecule has 4 nitrogen and oxygen atoms in total. The molecule has 3 fully saturated rings. The van der Waals surface area contributed by atoms with Crippen molar-refractivity contribution in [2.24, 2.45) is 34.0 Å². The summed E-state index contributed by atoms with van der Waals surface area (Å²) < 4.78 is 11.2. The van der Waals surface area contributed by atoms with Gasteiger partial charge in [-0.2, -0.15) is 0 Å². The average molecular weight is 367 g/mol. The van der Waals surface area contributed by atoms with Crippen molar-refractivity contribution < 1.29 is 19.4 Å². The summed E-state index contributed by atoms with van der Waals surface area (Å²) in [7, 11) is 3.48. The third kappa shape index (κ3) is 2.62. The summed E-state index contributed by atoms with van der Waals surface area (Å²) in [6, 6.07) is 0. The normalized spacial score (nSPS) is 51.7. The zero-order valence-corrected chi connectivity index (χ0v) is 17.5. The van der Waals surface area contributed by atoms with E-state index in [2.05, 4.69) is 27.7 Å². The Hall–Kier alpha value is -0.450. The standard InChI is InChI=1S/C22H38O4/c1-14-7-9-22-10-8-16(26-6)18(22)21(14,4)17(23)13-20(3,11-12-25-5)19(24)15(22)2/h14-18,23H,7-13H2,1-6H3/t14-,15+,16-,17-,18-,20-,21+,22+/m1/s1. The van der Waals surface area contributed by atoms with E-state index in [4.69, 9.17) is 9.47 Å². The number of carbonyl (C=O) groups excluding carboxylic acids is 1. The van der Waals surface area contributed by atoms with Gasteiger partial charge < -0.3 is 14.6 Å². The topological polar surface area (TPSA) is 55.8 Å². The first-order chi connectivity index (χ1) is 12.2. The van der Waals surface area contributed by atoms with Crippen LogP contribution in [0.4, 0.5) is 0 Å². The van der Waals surface area contributed by atoms with Gasteiger partial charge in [-0.1, -0.05) is 27.7 Å². The number of ketones is 1. The van der Waals surface area contributed by atoms with Crippen molar-refractivity contribution in [1.29, 1.82) is 0 Å². The van der Waals surface area contributed by atoms with E-state index in [0.717, 1.165) is 25.7 Å². The summed E-state index contributed by atoms with van der Waals surface area (Å²) in [5, 5.41) is 11.5. The number of methoxy groups -OCH3 is 2. The van der Waals surface area contributed by atoms with Crippen LogP contribution in [-0.4, -0.2) is 43.9 Å². The van der Waals surface area contributed by atoms with Crippen LogP contribution in [-0.2, 0) is 14.3 Å². The van der Waals surface area contributed by atoms with E-state index in [-0.39, 0.29) is 28.8 Å². The van der Waals surface area contributed by atoms with Crippen molar-refractivity contribution >= 4 is 5.78 Å². The fourth-order valence-corrected chi connectivity index (χ4v) is 7.08. The minimum atomic E-state index is -0.518. The molecule has 0 radical (unpaired) electrons. The Labute approximate surface area is 159 Å². The Morgan fingerprint density at radius 3 is 2.42 bits per heavy atom. The van der Waals surface area contributed by atoms with Crippen LogP contribution in [0.15, 0.2) is 0 Å². The molecule has 0 spiro atoms. The molecule has 3 saturated carbocycles. The molecule has 2 bridgehead atoms. The maximum Gasteiger partial charge on any atom is 0.142 e. The molecular formula is C22H38O4. The smallest absolute Gasteiger partial charge is 0.142 e. The fourth-order valence-electron chi connectivity index (χ4n) is 7.08. The molecule has 0 aromatic rings. The predicted molar refractivity (Wildman–Crippen MR) is 102 cm³/mol. The monoisotopic (exact) mass is 366 g/mol. The minimum absolute atomic E-state index is 0.00818. The second-order valence-corrected chi connectivity index (χ2v) is 9.94. The number of Topliss-reactive ketones (excluding diaryl/α,β-unsaturated/α-hetero) is 1. The lowest BCUT2D eigenvalue weighted by atomic mass is 9.44. The van der Waals surface area contributed by atoms with Crippen molar-refractivity contribution in [3.05, 3.63) is 0 Å². The number of carbonyl (C=O) groups is 1. The van der Waals surface area contributed by atoms with E-state index < -0.39 is 11.5 Å². The van der Waals surface area contributed by atoms with Crippen LogP contribution in [0.3, 0.4) is 0 Å². The number of ether oxygens (including phenoxy) is 2. The van der Waals surface area contributed by atoms with E-state index in [1.165, 1.54) is 0 Å². The van der Waals surface area contributed by atoms with Gasteiger partial charge in [-0.05, 0) is 55.8 Å². The molecule has 8 atom stereocenters. The molecule has 0 saturated heterocycles. The highest BCUT2D eigenvalue weighted by Gasteiger charge is 2.67. The van der Waals surface area contributed by atoms with Crippen molar-refractivity contribution in [3.8, 4) is 0 Å². The average Bonchev–Trinajstić information content (AvgIpc) is 3.02. The first-order valence-electron chi connectivity index (χ1n) is 10.4. The summed E-state index contributed by atoms with van der Waals surface area (Å²) in [4.78, 5) is 13.7. The van der Waals surface area contributed by atoms with E-state index in [1.54, 1.807) is 14.2 Å².